The molecule has 27 heavy (non-hydrogen) atoms. The average Bonchev–Trinajstić information content (AvgIpc) is 2.95. The maximum absolute atomic E-state index is 6.17. The third kappa shape index (κ3) is 4.53. The predicted octanol–water partition coefficient (Wildman–Crippen LogP) is 3.95. The lowest BCUT2D eigenvalue weighted by molar-refractivity contribution is 0.0111. The van der Waals surface area contributed by atoms with Crippen molar-refractivity contribution in [3.05, 3.63) is 53.2 Å². The highest BCUT2D eigenvalue weighted by Gasteiger charge is 2.25. The summed E-state index contributed by atoms with van der Waals surface area (Å²) >= 11 is 0. The average molecular weight is 369 g/mol. The van der Waals surface area contributed by atoms with Crippen molar-refractivity contribution in [2.45, 2.75) is 52.2 Å². The molecule has 2 aliphatic rings. The molecular formula is C22H32N4O. The normalized spacial score (nSPS) is 18.1. The number of allylic oxidation sites excluding steroid dienone is 3. The van der Waals surface area contributed by atoms with Crippen molar-refractivity contribution < 1.29 is 4.74 Å². The van der Waals surface area contributed by atoms with Gasteiger partial charge in [-0.25, -0.2) is 0 Å². The minimum atomic E-state index is 0.401. The monoisotopic (exact) mass is 368 g/mol. The van der Waals surface area contributed by atoms with Crippen LogP contribution in [0.1, 0.15) is 50.8 Å². The van der Waals surface area contributed by atoms with Gasteiger partial charge in [-0.05, 0) is 63.3 Å². The van der Waals surface area contributed by atoms with Crippen LogP contribution >= 0.6 is 0 Å². The summed E-state index contributed by atoms with van der Waals surface area (Å²) in [6.45, 7) is 10.5. The second-order valence-electron chi connectivity index (χ2n) is 7.59. The minimum absolute atomic E-state index is 0.401. The maximum Gasteiger partial charge on any atom is 0.192 e. The molecule has 1 saturated carbocycles. The second kappa shape index (κ2) is 8.61. The van der Waals surface area contributed by atoms with Gasteiger partial charge in [0.05, 0.1) is 12.2 Å². The van der Waals surface area contributed by atoms with Gasteiger partial charge >= 0.3 is 0 Å². The molecule has 146 valence electrons. The molecule has 2 N–H and O–H groups in total. The summed E-state index contributed by atoms with van der Waals surface area (Å²) in [5.74, 6) is 1.02. The Hall–Kier alpha value is -2.27. The molecule has 0 atom stereocenters. The largest absolute Gasteiger partial charge is 0.476 e. The zero-order valence-corrected chi connectivity index (χ0v) is 16.9. The number of nitrogens with zero attached hydrogens (tertiary/aromatic N) is 3. The molecule has 1 aliphatic carbocycles. The second-order valence-corrected chi connectivity index (χ2v) is 7.59. The topological polar surface area (TPSA) is 56.3 Å². The van der Waals surface area contributed by atoms with E-state index in [0.717, 1.165) is 42.2 Å². The highest BCUT2D eigenvalue weighted by atomic mass is 16.5. The Morgan fingerprint density at radius 2 is 2.22 bits per heavy atom. The van der Waals surface area contributed by atoms with E-state index in [0.29, 0.717) is 12.6 Å². The Balaban J connectivity index is 1.77. The van der Waals surface area contributed by atoms with Crippen LogP contribution in [0.4, 0.5) is 0 Å². The fourth-order valence-corrected chi connectivity index (χ4v) is 3.60. The Bertz CT molecular complexity index is 780. The van der Waals surface area contributed by atoms with Crippen molar-refractivity contribution in [3.63, 3.8) is 0 Å². The summed E-state index contributed by atoms with van der Waals surface area (Å²) in [5, 5.41) is 4.76. The molecule has 0 amide bonds. The third-order valence-corrected chi connectivity index (χ3v) is 5.18. The molecule has 0 bridgehead atoms. The van der Waals surface area contributed by atoms with E-state index in [4.69, 9.17) is 15.6 Å². The van der Waals surface area contributed by atoms with E-state index in [9.17, 15) is 0 Å². The van der Waals surface area contributed by atoms with Crippen LogP contribution in [0.2, 0.25) is 0 Å². The van der Waals surface area contributed by atoms with Gasteiger partial charge < -0.3 is 15.4 Å². The first-order valence-electron chi connectivity index (χ1n) is 9.88. The molecule has 5 nitrogen and oxygen atoms in total. The van der Waals surface area contributed by atoms with Crippen LogP contribution in [0.25, 0.3) is 11.6 Å². The van der Waals surface area contributed by atoms with E-state index in [1.165, 1.54) is 30.4 Å². The number of hydrogen-bond acceptors (Lipinski definition) is 4. The van der Waals surface area contributed by atoms with Crippen molar-refractivity contribution in [3.8, 4) is 0 Å². The molecule has 0 aromatic carbocycles. The zero-order valence-electron chi connectivity index (χ0n) is 16.9. The van der Waals surface area contributed by atoms with E-state index in [2.05, 4.69) is 37.7 Å². The molecular weight excluding hydrogens is 336 g/mol. The van der Waals surface area contributed by atoms with Gasteiger partial charge in [-0.3, -0.25) is 4.68 Å². The molecule has 0 saturated heterocycles. The number of likely N-dealkylation sites (N-methyl/N-ethyl adjacent to an activating group) is 1. The number of ether oxygens (including phenoxy) is 1. The number of hydrogen-bond donors (Lipinski definition) is 1. The maximum atomic E-state index is 6.17. The molecule has 1 aromatic rings. The van der Waals surface area contributed by atoms with Gasteiger partial charge in [0, 0.05) is 30.9 Å². The predicted molar refractivity (Wildman–Crippen MR) is 112 cm³/mol. The fourth-order valence-electron chi connectivity index (χ4n) is 3.60. The van der Waals surface area contributed by atoms with Crippen molar-refractivity contribution >= 4 is 11.6 Å². The Kier molecular flexibility index (Phi) is 6.22. The molecule has 2 heterocycles. The van der Waals surface area contributed by atoms with Crippen LogP contribution in [0.5, 0.6) is 0 Å². The molecule has 1 aliphatic heterocycles. The van der Waals surface area contributed by atoms with E-state index in [1.807, 2.05) is 23.8 Å². The van der Waals surface area contributed by atoms with Crippen LogP contribution in [0.15, 0.2) is 42.0 Å². The van der Waals surface area contributed by atoms with Gasteiger partial charge in [-0.1, -0.05) is 18.7 Å². The van der Waals surface area contributed by atoms with Gasteiger partial charge in [0.2, 0.25) is 0 Å². The van der Waals surface area contributed by atoms with Crippen molar-refractivity contribution in [1.29, 1.82) is 0 Å². The summed E-state index contributed by atoms with van der Waals surface area (Å²) in [5.41, 5.74) is 11.3. The summed E-state index contributed by atoms with van der Waals surface area (Å²) in [7, 11) is 2.10. The van der Waals surface area contributed by atoms with Crippen LogP contribution in [-0.4, -0.2) is 40.9 Å². The molecule has 5 heteroatoms. The van der Waals surface area contributed by atoms with Crippen molar-refractivity contribution in [1.82, 2.24) is 14.7 Å². The first kappa shape index (κ1) is 19.5. The van der Waals surface area contributed by atoms with Crippen LogP contribution in [-0.2, 0) is 11.3 Å². The number of rotatable bonds is 8. The van der Waals surface area contributed by atoms with Gasteiger partial charge in [-0.2, -0.15) is 5.10 Å². The van der Waals surface area contributed by atoms with Gasteiger partial charge in [0.15, 0.2) is 5.88 Å². The standard InChI is InChI=1S/C22H32N4O/c1-5-7-21-20(16(2)10-11-23)15-26(24-21)14-18-12-17(3)22(25(4)13-18)27-19-8-6-9-19/h5,7,12,15,19H,2,6,8-11,13-14,23H2,1,3-4H3/b7-5-. The first-order chi connectivity index (χ1) is 13.0. The summed E-state index contributed by atoms with van der Waals surface area (Å²) < 4.78 is 8.18. The fraction of sp³-hybridized carbons (Fsp3) is 0.500. The molecule has 3 rings (SSSR count). The minimum Gasteiger partial charge on any atom is -0.476 e. The van der Waals surface area contributed by atoms with Gasteiger partial charge in [0.1, 0.15) is 6.10 Å². The molecule has 0 radical (unpaired) electrons. The molecule has 1 fully saturated rings. The van der Waals surface area contributed by atoms with Crippen molar-refractivity contribution in [2.24, 2.45) is 5.73 Å². The first-order valence-corrected chi connectivity index (χ1v) is 9.88. The summed E-state index contributed by atoms with van der Waals surface area (Å²) in [6.07, 6.45) is 13.2. The van der Waals surface area contributed by atoms with E-state index in [-0.39, 0.29) is 0 Å². The Labute approximate surface area is 162 Å². The summed E-state index contributed by atoms with van der Waals surface area (Å²) in [4.78, 5) is 2.22. The molecule has 0 unspecified atom stereocenters. The molecule has 1 aromatic heterocycles. The number of aromatic nitrogens is 2. The van der Waals surface area contributed by atoms with E-state index >= 15 is 0 Å². The van der Waals surface area contributed by atoms with Gasteiger partial charge in [-0.15, -0.1) is 0 Å². The lowest BCUT2D eigenvalue weighted by Crippen LogP contribution is -2.32. The van der Waals surface area contributed by atoms with E-state index < -0.39 is 0 Å². The Morgan fingerprint density at radius 3 is 2.81 bits per heavy atom. The summed E-state index contributed by atoms with van der Waals surface area (Å²) in [6, 6.07) is 0. The highest BCUT2D eigenvalue weighted by Crippen LogP contribution is 2.29. The SMILES string of the molecule is C=C(CCN)c1cn(CC2=CC(C)=C(OC3CCC3)N(C)C2)nc1/C=C\C. The lowest BCUT2D eigenvalue weighted by Gasteiger charge is -2.35. The lowest BCUT2D eigenvalue weighted by atomic mass is 9.96. The quantitative estimate of drug-likeness (QED) is 0.755. The highest BCUT2D eigenvalue weighted by molar-refractivity contribution is 5.70. The van der Waals surface area contributed by atoms with Crippen molar-refractivity contribution in [2.75, 3.05) is 20.1 Å². The van der Waals surface area contributed by atoms with Gasteiger partial charge in [0.25, 0.3) is 0 Å². The Morgan fingerprint density at radius 1 is 1.44 bits per heavy atom. The van der Waals surface area contributed by atoms with Crippen LogP contribution in [0, 0.1) is 0 Å². The third-order valence-electron chi connectivity index (χ3n) is 5.18. The van der Waals surface area contributed by atoms with E-state index in [1.54, 1.807) is 0 Å². The molecule has 0 spiro atoms. The van der Waals surface area contributed by atoms with Crippen LogP contribution in [0.3, 0.4) is 0 Å². The zero-order chi connectivity index (χ0) is 19.4. The smallest absolute Gasteiger partial charge is 0.192 e. The number of nitrogens with two attached hydrogens (primary N) is 1. The van der Waals surface area contributed by atoms with Crippen LogP contribution < -0.4 is 5.73 Å².